The number of benzene rings is 1. The van der Waals surface area contributed by atoms with E-state index in [2.05, 4.69) is 29.1 Å². The third kappa shape index (κ3) is 3.45. The molecule has 0 fully saturated rings. The van der Waals surface area contributed by atoms with Crippen molar-refractivity contribution in [3.63, 3.8) is 0 Å². The molecule has 112 valence electrons. The quantitative estimate of drug-likeness (QED) is 0.869. The predicted octanol–water partition coefficient (Wildman–Crippen LogP) is 4.20. The van der Waals surface area contributed by atoms with E-state index in [1.807, 2.05) is 6.92 Å². The SMILES string of the molecule is CCCNc1nc(-c2ccc(O)c(Cl)c2)nc(C)c1CC. The van der Waals surface area contributed by atoms with E-state index < -0.39 is 0 Å². The Hall–Kier alpha value is -1.81. The number of nitrogens with zero attached hydrogens (tertiary/aromatic N) is 2. The maximum absolute atomic E-state index is 9.51. The summed E-state index contributed by atoms with van der Waals surface area (Å²) < 4.78 is 0. The van der Waals surface area contributed by atoms with Crippen LogP contribution in [0.4, 0.5) is 5.82 Å². The normalized spacial score (nSPS) is 10.7. The van der Waals surface area contributed by atoms with Gasteiger partial charge in [0.05, 0.1) is 5.02 Å². The van der Waals surface area contributed by atoms with Crippen LogP contribution in [0.15, 0.2) is 18.2 Å². The molecule has 0 saturated heterocycles. The highest BCUT2D eigenvalue weighted by Gasteiger charge is 2.12. The molecule has 1 heterocycles. The standard InChI is InChI=1S/C16H20ClN3O/c1-4-8-18-16-12(5-2)10(3)19-15(20-16)11-6-7-14(21)13(17)9-11/h6-7,9,21H,4-5,8H2,1-3H3,(H,18,19,20). The third-order valence-corrected chi connectivity index (χ3v) is 3.62. The lowest BCUT2D eigenvalue weighted by Gasteiger charge is -2.13. The van der Waals surface area contributed by atoms with Gasteiger partial charge in [-0.2, -0.15) is 0 Å². The Morgan fingerprint density at radius 2 is 2.00 bits per heavy atom. The highest BCUT2D eigenvalue weighted by Crippen LogP contribution is 2.29. The second kappa shape index (κ2) is 6.76. The molecule has 1 aromatic carbocycles. The van der Waals surface area contributed by atoms with Crippen LogP contribution in [0.2, 0.25) is 5.02 Å². The average molecular weight is 306 g/mol. The molecule has 0 aliphatic heterocycles. The number of halogens is 1. The summed E-state index contributed by atoms with van der Waals surface area (Å²) in [6.45, 7) is 7.08. The van der Waals surface area contributed by atoms with Gasteiger partial charge in [-0.1, -0.05) is 25.4 Å². The number of aryl methyl sites for hydroxylation is 1. The van der Waals surface area contributed by atoms with Crippen molar-refractivity contribution in [1.29, 1.82) is 0 Å². The summed E-state index contributed by atoms with van der Waals surface area (Å²) in [5.74, 6) is 1.56. The van der Waals surface area contributed by atoms with Gasteiger partial charge in [-0.15, -0.1) is 0 Å². The molecule has 4 nitrogen and oxygen atoms in total. The molecule has 0 aliphatic carbocycles. The van der Waals surface area contributed by atoms with Gasteiger partial charge in [0.25, 0.3) is 0 Å². The molecule has 21 heavy (non-hydrogen) atoms. The Morgan fingerprint density at radius 3 is 2.62 bits per heavy atom. The van der Waals surface area contributed by atoms with E-state index in [1.54, 1.807) is 18.2 Å². The first-order chi connectivity index (χ1) is 10.1. The topological polar surface area (TPSA) is 58.0 Å². The Kier molecular flexibility index (Phi) is 5.02. The second-order valence-corrected chi connectivity index (χ2v) is 5.31. The van der Waals surface area contributed by atoms with Crippen molar-refractivity contribution >= 4 is 17.4 Å². The van der Waals surface area contributed by atoms with Crippen LogP contribution in [0.25, 0.3) is 11.4 Å². The van der Waals surface area contributed by atoms with E-state index in [0.29, 0.717) is 10.8 Å². The first kappa shape index (κ1) is 15.6. The Labute approximate surface area is 130 Å². The number of rotatable bonds is 5. The lowest BCUT2D eigenvalue weighted by Crippen LogP contribution is -2.09. The Bertz CT molecular complexity index is 644. The van der Waals surface area contributed by atoms with Gasteiger partial charge in [0.15, 0.2) is 5.82 Å². The molecular weight excluding hydrogens is 286 g/mol. The summed E-state index contributed by atoms with van der Waals surface area (Å²) in [7, 11) is 0. The fourth-order valence-electron chi connectivity index (χ4n) is 2.18. The smallest absolute Gasteiger partial charge is 0.161 e. The first-order valence-electron chi connectivity index (χ1n) is 7.17. The minimum atomic E-state index is 0.0617. The highest BCUT2D eigenvalue weighted by atomic mass is 35.5. The van der Waals surface area contributed by atoms with Crippen molar-refractivity contribution in [2.75, 3.05) is 11.9 Å². The maximum Gasteiger partial charge on any atom is 0.161 e. The minimum absolute atomic E-state index is 0.0617. The largest absolute Gasteiger partial charge is 0.506 e. The molecule has 0 radical (unpaired) electrons. The number of hydrogen-bond donors (Lipinski definition) is 2. The van der Waals surface area contributed by atoms with Crippen molar-refractivity contribution in [2.24, 2.45) is 0 Å². The van der Waals surface area contributed by atoms with Crippen LogP contribution in [0.3, 0.4) is 0 Å². The average Bonchev–Trinajstić information content (AvgIpc) is 2.47. The number of phenolic OH excluding ortho intramolecular Hbond substituents is 1. The molecule has 2 N–H and O–H groups in total. The van der Waals surface area contributed by atoms with Crippen LogP contribution in [0.1, 0.15) is 31.5 Å². The van der Waals surface area contributed by atoms with Gasteiger partial charge in [0.2, 0.25) is 0 Å². The number of phenols is 1. The van der Waals surface area contributed by atoms with Gasteiger partial charge >= 0.3 is 0 Å². The molecule has 0 aliphatic rings. The lowest BCUT2D eigenvalue weighted by atomic mass is 10.1. The monoisotopic (exact) mass is 305 g/mol. The van der Waals surface area contributed by atoms with Crippen molar-refractivity contribution in [3.8, 4) is 17.1 Å². The van der Waals surface area contributed by atoms with Gasteiger partial charge in [-0.05, 0) is 38.0 Å². The zero-order valence-corrected chi connectivity index (χ0v) is 13.3. The molecule has 0 saturated carbocycles. The molecule has 0 amide bonds. The van der Waals surface area contributed by atoms with E-state index in [0.717, 1.165) is 42.0 Å². The summed E-state index contributed by atoms with van der Waals surface area (Å²) >= 11 is 5.96. The summed E-state index contributed by atoms with van der Waals surface area (Å²) in [6.07, 6.45) is 1.92. The van der Waals surface area contributed by atoms with E-state index in [4.69, 9.17) is 11.6 Å². The number of aromatic nitrogens is 2. The number of hydrogen-bond acceptors (Lipinski definition) is 4. The van der Waals surface area contributed by atoms with Crippen LogP contribution < -0.4 is 5.32 Å². The van der Waals surface area contributed by atoms with Crippen LogP contribution in [0.5, 0.6) is 5.75 Å². The zero-order chi connectivity index (χ0) is 15.4. The molecule has 0 atom stereocenters. The van der Waals surface area contributed by atoms with E-state index in [1.165, 1.54) is 0 Å². The van der Waals surface area contributed by atoms with Gasteiger partial charge in [0, 0.05) is 23.4 Å². The van der Waals surface area contributed by atoms with Crippen molar-refractivity contribution in [1.82, 2.24) is 9.97 Å². The number of anilines is 1. The summed E-state index contributed by atoms with van der Waals surface area (Å²) in [5.41, 5.74) is 2.89. The lowest BCUT2D eigenvalue weighted by molar-refractivity contribution is 0.475. The summed E-state index contributed by atoms with van der Waals surface area (Å²) in [4.78, 5) is 9.18. The molecular formula is C16H20ClN3O. The number of nitrogens with one attached hydrogen (secondary N) is 1. The molecule has 2 aromatic rings. The van der Waals surface area contributed by atoms with Crippen LogP contribution >= 0.6 is 11.6 Å². The van der Waals surface area contributed by atoms with Gasteiger partial charge < -0.3 is 10.4 Å². The number of aromatic hydroxyl groups is 1. The fraction of sp³-hybridized carbons (Fsp3) is 0.375. The molecule has 0 unspecified atom stereocenters. The molecule has 2 rings (SSSR count). The molecule has 0 spiro atoms. The van der Waals surface area contributed by atoms with E-state index >= 15 is 0 Å². The third-order valence-electron chi connectivity index (χ3n) is 3.32. The molecule has 0 bridgehead atoms. The molecule has 5 heteroatoms. The van der Waals surface area contributed by atoms with Crippen molar-refractivity contribution in [2.45, 2.75) is 33.6 Å². The Morgan fingerprint density at radius 1 is 1.24 bits per heavy atom. The summed E-state index contributed by atoms with van der Waals surface area (Å²) in [5, 5.41) is 13.2. The van der Waals surface area contributed by atoms with E-state index in [9.17, 15) is 5.11 Å². The van der Waals surface area contributed by atoms with Crippen LogP contribution in [-0.4, -0.2) is 21.6 Å². The molecule has 1 aromatic heterocycles. The van der Waals surface area contributed by atoms with Crippen molar-refractivity contribution in [3.05, 3.63) is 34.5 Å². The van der Waals surface area contributed by atoms with Crippen LogP contribution in [0, 0.1) is 6.92 Å². The van der Waals surface area contributed by atoms with Crippen molar-refractivity contribution < 1.29 is 5.11 Å². The predicted molar refractivity (Wildman–Crippen MR) is 87.0 cm³/mol. The van der Waals surface area contributed by atoms with Gasteiger partial charge in [0.1, 0.15) is 11.6 Å². The van der Waals surface area contributed by atoms with Gasteiger partial charge in [-0.25, -0.2) is 9.97 Å². The second-order valence-electron chi connectivity index (χ2n) is 4.91. The first-order valence-corrected chi connectivity index (χ1v) is 7.54. The van der Waals surface area contributed by atoms with Crippen LogP contribution in [-0.2, 0) is 6.42 Å². The maximum atomic E-state index is 9.51. The Balaban J connectivity index is 2.48. The highest BCUT2D eigenvalue weighted by molar-refractivity contribution is 6.32. The van der Waals surface area contributed by atoms with E-state index in [-0.39, 0.29) is 5.75 Å². The fourth-order valence-corrected chi connectivity index (χ4v) is 2.36. The minimum Gasteiger partial charge on any atom is -0.506 e. The summed E-state index contributed by atoms with van der Waals surface area (Å²) in [6, 6.07) is 5.01. The van der Waals surface area contributed by atoms with Gasteiger partial charge in [-0.3, -0.25) is 0 Å². The zero-order valence-electron chi connectivity index (χ0n) is 12.6.